The van der Waals surface area contributed by atoms with E-state index in [2.05, 4.69) is 83.2 Å². The highest BCUT2D eigenvalue weighted by atomic mass is 14.7. The Morgan fingerprint density at radius 3 is 2.58 bits per heavy atom. The number of allylic oxidation sites excluding steroid dienone is 7. The van der Waals surface area contributed by atoms with Gasteiger partial charge in [-0.1, -0.05) is 75.0 Å². The molecule has 1 heterocycles. The van der Waals surface area contributed by atoms with Crippen molar-refractivity contribution in [1.29, 1.82) is 0 Å². The summed E-state index contributed by atoms with van der Waals surface area (Å²) in [5, 5.41) is 2.48. The van der Waals surface area contributed by atoms with E-state index in [0.29, 0.717) is 5.92 Å². The van der Waals surface area contributed by atoms with Gasteiger partial charge < -0.3 is 0 Å². The lowest BCUT2D eigenvalue weighted by Gasteiger charge is -2.22. The van der Waals surface area contributed by atoms with Crippen LogP contribution in [0.4, 0.5) is 0 Å². The predicted octanol–water partition coefficient (Wildman–Crippen LogP) is 4.18. The zero-order valence-electron chi connectivity index (χ0n) is 15.2. The number of hydrogen-bond acceptors (Lipinski definition) is 1. The molecule has 1 aromatic rings. The summed E-state index contributed by atoms with van der Waals surface area (Å²) in [7, 11) is 0. The number of pyridine rings is 1. The van der Waals surface area contributed by atoms with Crippen molar-refractivity contribution < 1.29 is 0 Å². The van der Waals surface area contributed by atoms with E-state index in [1.165, 1.54) is 33.2 Å². The van der Waals surface area contributed by atoms with Crippen LogP contribution in [-0.4, -0.2) is 4.98 Å². The second kappa shape index (κ2) is 5.17. The Kier molecular flexibility index (Phi) is 3.32. The highest BCUT2D eigenvalue weighted by Gasteiger charge is 2.25. The average molecular weight is 315 g/mol. The molecule has 1 aromatic heterocycles. The molecular formula is C23H25N. The largest absolute Gasteiger partial charge is 0.252 e. The van der Waals surface area contributed by atoms with Crippen LogP contribution in [0.5, 0.6) is 0 Å². The minimum absolute atomic E-state index is 0.0722. The number of aromatic nitrogens is 1. The molecule has 0 radical (unpaired) electrons. The van der Waals surface area contributed by atoms with Crippen LogP contribution in [0.15, 0.2) is 41.5 Å². The van der Waals surface area contributed by atoms with E-state index < -0.39 is 0 Å². The van der Waals surface area contributed by atoms with Crippen LogP contribution in [0.2, 0.25) is 0 Å². The molecule has 0 saturated carbocycles. The van der Waals surface area contributed by atoms with Gasteiger partial charge in [0.25, 0.3) is 0 Å². The molecule has 4 rings (SSSR count). The number of nitrogens with zero attached hydrogens (tertiary/aromatic N) is 1. The first kappa shape index (κ1) is 15.4. The third kappa shape index (κ3) is 2.34. The number of rotatable bonds is 0. The molecule has 3 aliphatic carbocycles. The molecule has 2 atom stereocenters. The van der Waals surface area contributed by atoms with Gasteiger partial charge in [-0.3, -0.25) is 4.98 Å². The molecule has 0 saturated heterocycles. The summed E-state index contributed by atoms with van der Waals surface area (Å²) in [5.41, 5.74) is 6.64. The molecule has 122 valence electrons. The van der Waals surface area contributed by atoms with Crippen molar-refractivity contribution in [3.63, 3.8) is 0 Å². The molecule has 24 heavy (non-hydrogen) atoms. The molecule has 1 heteroatoms. The van der Waals surface area contributed by atoms with Crippen molar-refractivity contribution in [2.45, 2.75) is 40.5 Å². The second-order valence-corrected chi connectivity index (χ2v) is 7.99. The Balaban J connectivity index is 2.03. The maximum Gasteiger partial charge on any atom is 0.0671 e. The Morgan fingerprint density at radius 1 is 1.00 bits per heavy atom. The zero-order chi connectivity index (χ0) is 17.1. The smallest absolute Gasteiger partial charge is 0.0671 e. The van der Waals surface area contributed by atoms with Crippen LogP contribution in [0, 0.1) is 18.3 Å². The van der Waals surface area contributed by atoms with Crippen molar-refractivity contribution >= 4 is 18.2 Å². The van der Waals surface area contributed by atoms with Gasteiger partial charge in [0, 0.05) is 16.9 Å². The first-order valence-corrected chi connectivity index (χ1v) is 8.87. The maximum absolute atomic E-state index is 5.11. The van der Waals surface area contributed by atoms with E-state index in [9.17, 15) is 0 Å². The summed E-state index contributed by atoms with van der Waals surface area (Å²) in [6.45, 7) is 11.2. The first-order chi connectivity index (χ1) is 11.4. The highest BCUT2D eigenvalue weighted by Crippen LogP contribution is 2.37. The molecular weight excluding hydrogens is 290 g/mol. The fraction of sp³-hybridized carbons (Fsp3) is 0.348. The van der Waals surface area contributed by atoms with Gasteiger partial charge in [-0.05, 0) is 36.1 Å². The van der Waals surface area contributed by atoms with Gasteiger partial charge in [-0.25, -0.2) is 0 Å². The second-order valence-electron chi connectivity index (χ2n) is 7.99. The van der Waals surface area contributed by atoms with Gasteiger partial charge in [0.1, 0.15) is 0 Å². The van der Waals surface area contributed by atoms with Crippen LogP contribution in [-0.2, 0) is 0 Å². The monoisotopic (exact) mass is 315 g/mol. The fourth-order valence-corrected chi connectivity index (χ4v) is 3.94. The third-order valence-electron chi connectivity index (χ3n) is 5.51. The third-order valence-corrected chi connectivity index (χ3v) is 5.51. The molecule has 1 nitrogen and oxygen atoms in total. The predicted molar refractivity (Wildman–Crippen MR) is 103 cm³/mol. The quantitative estimate of drug-likeness (QED) is 0.655. The molecule has 3 aliphatic rings. The fourth-order valence-electron chi connectivity index (χ4n) is 3.94. The summed E-state index contributed by atoms with van der Waals surface area (Å²) in [6.07, 6.45) is 18.4. The standard InChI is InChI=1S/C23H25N/c1-14-12-20-16(3)18-7-6-17-8-10-23(4,5)11-9-19(15(17)2)22(18)24-21(20)13-14/h6-14,19H,1-5H3/b10-8-,11-9-. The first-order valence-electron chi connectivity index (χ1n) is 8.87. The zero-order valence-corrected chi connectivity index (χ0v) is 15.2. The Labute approximate surface area is 144 Å². The highest BCUT2D eigenvalue weighted by molar-refractivity contribution is 5.67. The Morgan fingerprint density at radius 2 is 1.79 bits per heavy atom. The van der Waals surface area contributed by atoms with E-state index in [4.69, 9.17) is 4.98 Å². The SMILES string of the molecule is CC1=C2C=Cc3c(nc4c(c3C)=CC(C)C=4)C1/C=C\C(C)(C)/C=C\2. The molecule has 2 unspecified atom stereocenters. The van der Waals surface area contributed by atoms with E-state index in [1.54, 1.807) is 0 Å². The number of hydrogen-bond donors (Lipinski definition) is 0. The van der Waals surface area contributed by atoms with Crippen molar-refractivity contribution in [2.24, 2.45) is 11.3 Å². The summed E-state index contributed by atoms with van der Waals surface area (Å²) in [5.74, 6) is 0.727. The minimum atomic E-state index is 0.0722. The molecule has 2 bridgehead atoms. The molecule has 0 N–H and O–H groups in total. The topological polar surface area (TPSA) is 12.9 Å². The summed E-state index contributed by atoms with van der Waals surface area (Å²) >= 11 is 0. The molecule has 0 fully saturated rings. The lowest BCUT2D eigenvalue weighted by molar-refractivity contribution is 0.619. The van der Waals surface area contributed by atoms with Gasteiger partial charge in [-0.2, -0.15) is 0 Å². The van der Waals surface area contributed by atoms with E-state index >= 15 is 0 Å². The van der Waals surface area contributed by atoms with E-state index in [1.807, 2.05) is 0 Å². The van der Waals surface area contributed by atoms with Crippen molar-refractivity contribution in [1.82, 2.24) is 4.98 Å². The van der Waals surface area contributed by atoms with Gasteiger partial charge in [0.15, 0.2) is 0 Å². The summed E-state index contributed by atoms with van der Waals surface area (Å²) in [6, 6.07) is 0. The van der Waals surface area contributed by atoms with Crippen LogP contribution in [0.1, 0.15) is 50.4 Å². The van der Waals surface area contributed by atoms with Crippen LogP contribution < -0.4 is 10.6 Å². The Hall–Kier alpha value is -2.15. The number of fused-ring (bicyclic) bond motifs is 4. The van der Waals surface area contributed by atoms with E-state index in [0.717, 1.165) is 5.35 Å². The van der Waals surface area contributed by atoms with Crippen LogP contribution in [0.3, 0.4) is 0 Å². The van der Waals surface area contributed by atoms with E-state index in [-0.39, 0.29) is 11.3 Å². The Bertz CT molecular complexity index is 964. The van der Waals surface area contributed by atoms with Crippen molar-refractivity contribution in [3.8, 4) is 0 Å². The van der Waals surface area contributed by atoms with Gasteiger partial charge >= 0.3 is 0 Å². The molecule has 0 amide bonds. The lowest BCUT2D eigenvalue weighted by Crippen LogP contribution is -2.31. The van der Waals surface area contributed by atoms with Crippen molar-refractivity contribution in [2.75, 3.05) is 0 Å². The van der Waals surface area contributed by atoms with Gasteiger partial charge in [0.2, 0.25) is 0 Å². The normalized spacial score (nSPS) is 28.7. The molecule has 0 spiro atoms. The lowest BCUT2D eigenvalue weighted by atomic mass is 9.83. The van der Waals surface area contributed by atoms with Gasteiger partial charge in [0.05, 0.1) is 11.0 Å². The molecule has 0 aliphatic heterocycles. The summed E-state index contributed by atoms with van der Waals surface area (Å²) in [4.78, 5) is 5.11. The van der Waals surface area contributed by atoms with Crippen molar-refractivity contribution in [3.05, 3.63) is 68.9 Å². The average Bonchev–Trinajstić information content (AvgIpc) is 2.81. The molecule has 0 aromatic carbocycles. The minimum Gasteiger partial charge on any atom is -0.252 e. The van der Waals surface area contributed by atoms with Gasteiger partial charge in [-0.15, -0.1) is 0 Å². The van der Waals surface area contributed by atoms with Crippen LogP contribution >= 0.6 is 0 Å². The maximum atomic E-state index is 5.11. The summed E-state index contributed by atoms with van der Waals surface area (Å²) < 4.78 is 0. The van der Waals surface area contributed by atoms with Crippen LogP contribution in [0.25, 0.3) is 18.2 Å².